The number of rotatable bonds is 6. The lowest BCUT2D eigenvalue weighted by Gasteiger charge is -2.14. The number of ether oxygens (including phenoxy) is 2. The van der Waals surface area contributed by atoms with Gasteiger partial charge >= 0.3 is 0 Å². The van der Waals surface area contributed by atoms with Crippen LogP contribution in [0, 0.1) is 0 Å². The van der Waals surface area contributed by atoms with Crippen LogP contribution in [0.4, 0.5) is 0 Å². The Morgan fingerprint density at radius 2 is 2.19 bits per heavy atom. The number of hydrogen-bond acceptors (Lipinski definition) is 3. The molecule has 4 heteroatoms. The van der Waals surface area contributed by atoms with Crippen LogP contribution < -0.4 is 4.74 Å². The van der Waals surface area contributed by atoms with Crippen LogP contribution in [-0.4, -0.2) is 24.4 Å². The predicted octanol–water partition coefficient (Wildman–Crippen LogP) is 2.64. The van der Waals surface area contributed by atoms with Crippen LogP contribution >= 0.6 is 11.6 Å². The van der Waals surface area contributed by atoms with Gasteiger partial charge in [-0.25, -0.2) is 0 Å². The molecule has 0 bridgehead atoms. The van der Waals surface area contributed by atoms with Gasteiger partial charge in [0.2, 0.25) is 0 Å². The van der Waals surface area contributed by atoms with E-state index in [1.165, 1.54) is 0 Å². The van der Waals surface area contributed by atoms with Gasteiger partial charge in [0, 0.05) is 6.61 Å². The highest BCUT2D eigenvalue weighted by molar-refractivity contribution is 6.32. The number of halogens is 1. The summed E-state index contributed by atoms with van der Waals surface area (Å²) in [5.74, 6) is 0.583. The standard InChI is InChI=1S/C12H17ClO3/c1-3-15-9(2)8-16-12-6-10(7-14)4-5-11(12)13/h4-6,9,14H,3,7-8H2,1-2H3. The van der Waals surface area contributed by atoms with Gasteiger partial charge in [-0.2, -0.15) is 0 Å². The van der Waals surface area contributed by atoms with Gasteiger partial charge in [0.1, 0.15) is 12.4 Å². The Balaban J connectivity index is 2.58. The van der Waals surface area contributed by atoms with Crippen molar-refractivity contribution in [2.75, 3.05) is 13.2 Å². The highest BCUT2D eigenvalue weighted by Crippen LogP contribution is 2.25. The molecule has 0 saturated heterocycles. The molecule has 0 aromatic heterocycles. The third-order valence-corrected chi connectivity index (χ3v) is 2.42. The Labute approximate surface area is 101 Å². The Bertz CT molecular complexity index is 328. The van der Waals surface area contributed by atoms with Crippen molar-refractivity contribution in [1.29, 1.82) is 0 Å². The molecule has 0 aliphatic heterocycles. The highest BCUT2D eigenvalue weighted by Gasteiger charge is 2.06. The zero-order chi connectivity index (χ0) is 12.0. The fourth-order valence-electron chi connectivity index (χ4n) is 1.30. The number of aliphatic hydroxyl groups excluding tert-OH is 1. The first-order chi connectivity index (χ1) is 7.67. The number of hydrogen-bond donors (Lipinski definition) is 1. The molecule has 1 atom stereocenters. The van der Waals surface area contributed by atoms with Crippen LogP contribution in [0.5, 0.6) is 5.75 Å². The van der Waals surface area contributed by atoms with Gasteiger partial charge in [0.15, 0.2) is 0 Å². The minimum Gasteiger partial charge on any atom is -0.489 e. The SMILES string of the molecule is CCOC(C)COc1cc(CO)ccc1Cl. The molecule has 0 radical (unpaired) electrons. The molecule has 0 fully saturated rings. The third kappa shape index (κ3) is 4.00. The van der Waals surface area contributed by atoms with Gasteiger partial charge in [-0.1, -0.05) is 17.7 Å². The van der Waals surface area contributed by atoms with Crippen LogP contribution in [0.15, 0.2) is 18.2 Å². The predicted molar refractivity (Wildman–Crippen MR) is 64.0 cm³/mol. The van der Waals surface area contributed by atoms with Gasteiger partial charge in [-0.3, -0.25) is 0 Å². The summed E-state index contributed by atoms with van der Waals surface area (Å²) in [7, 11) is 0. The molecule has 0 aliphatic rings. The molecular weight excluding hydrogens is 228 g/mol. The van der Waals surface area contributed by atoms with Crippen LogP contribution in [0.25, 0.3) is 0 Å². The monoisotopic (exact) mass is 244 g/mol. The van der Waals surface area contributed by atoms with Gasteiger partial charge in [-0.05, 0) is 31.5 Å². The maximum Gasteiger partial charge on any atom is 0.138 e. The van der Waals surface area contributed by atoms with Gasteiger partial charge in [-0.15, -0.1) is 0 Å². The Hall–Kier alpha value is -0.770. The Morgan fingerprint density at radius 3 is 2.81 bits per heavy atom. The minimum absolute atomic E-state index is 0.0193. The topological polar surface area (TPSA) is 38.7 Å². The number of benzene rings is 1. The van der Waals surface area contributed by atoms with Crippen LogP contribution in [0.1, 0.15) is 19.4 Å². The smallest absolute Gasteiger partial charge is 0.138 e. The zero-order valence-corrected chi connectivity index (χ0v) is 10.3. The summed E-state index contributed by atoms with van der Waals surface area (Å²) in [6.45, 7) is 4.97. The van der Waals surface area contributed by atoms with Crippen molar-refractivity contribution in [3.8, 4) is 5.75 Å². The van der Waals surface area contributed by atoms with E-state index in [0.717, 1.165) is 5.56 Å². The van der Waals surface area contributed by atoms with E-state index in [-0.39, 0.29) is 12.7 Å². The van der Waals surface area contributed by atoms with Gasteiger partial charge < -0.3 is 14.6 Å². The highest BCUT2D eigenvalue weighted by atomic mass is 35.5. The second kappa shape index (κ2) is 6.74. The lowest BCUT2D eigenvalue weighted by Crippen LogP contribution is -2.18. The summed E-state index contributed by atoms with van der Waals surface area (Å²) in [6, 6.07) is 5.22. The summed E-state index contributed by atoms with van der Waals surface area (Å²) in [5.41, 5.74) is 0.781. The van der Waals surface area contributed by atoms with E-state index in [9.17, 15) is 0 Å². The Kier molecular flexibility index (Phi) is 5.60. The minimum atomic E-state index is -0.0193. The summed E-state index contributed by atoms with van der Waals surface area (Å²) >= 11 is 5.97. The van der Waals surface area contributed by atoms with Crippen LogP contribution in [-0.2, 0) is 11.3 Å². The summed E-state index contributed by atoms with van der Waals surface area (Å²) in [5, 5.41) is 9.53. The van der Waals surface area contributed by atoms with E-state index < -0.39 is 0 Å². The van der Waals surface area contributed by atoms with Gasteiger partial charge in [0.25, 0.3) is 0 Å². The molecule has 0 aliphatic carbocycles. The van der Waals surface area contributed by atoms with Crippen molar-refractivity contribution in [3.05, 3.63) is 28.8 Å². The molecule has 1 rings (SSSR count). The maximum atomic E-state index is 8.99. The second-order valence-electron chi connectivity index (χ2n) is 3.50. The van der Waals surface area contributed by atoms with Crippen molar-refractivity contribution in [2.45, 2.75) is 26.6 Å². The largest absolute Gasteiger partial charge is 0.489 e. The van der Waals surface area contributed by atoms with E-state index in [1.807, 2.05) is 13.8 Å². The van der Waals surface area contributed by atoms with E-state index in [1.54, 1.807) is 18.2 Å². The molecule has 3 nitrogen and oxygen atoms in total. The van der Waals surface area contributed by atoms with Crippen molar-refractivity contribution < 1.29 is 14.6 Å². The molecule has 0 heterocycles. The van der Waals surface area contributed by atoms with Crippen LogP contribution in [0.2, 0.25) is 5.02 Å². The quantitative estimate of drug-likeness (QED) is 0.836. The molecule has 0 amide bonds. The summed E-state index contributed by atoms with van der Waals surface area (Å²) in [4.78, 5) is 0. The van der Waals surface area contributed by atoms with E-state index in [4.69, 9.17) is 26.2 Å². The molecule has 1 aromatic rings. The lowest BCUT2D eigenvalue weighted by atomic mass is 10.2. The summed E-state index contributed by atoms with van der Waals surface area (Å²) in [6.07, 6.45) is 0.0267. The average Bonchev–Trinajstić information content (AvgIpc) is 2.28. The van der Waals surface area contributed by atoms with Gasteiger partial charge in [0.05, 0.1) is 17.7 Å². The summed E-state index contributed by atoms with van der Waals surface area (Å²) < 4.78 is 10.9. The molecule has 1 N–H and O–H groups in total. The first-order valence-corrected chi connectivity index (χ1v) is 5.68. The fraction of sp³-hybridized carbons (Fsp3) is 0.500. The zero-order valence-electron chi connectivity index (χ0n) is 9.57. The van der Waals surface area contributed by atoms with E-state index in [0.29, 0.717) is 24.0 Å². The van der Waals surface area contributed by atoms with Crippen molar-refractivity contribution in [3.63, 3.8) is 0 Å². The van der Waals surface area contributed by atoms with Crippen LogP contribution in [0.3, 0.4) is 0 Å². The second-order valence-corrected chi connectivity index (χ2v) is 3.91. The Morgan fingerprint density at radius 1 is 1.44 bits per heavy atom. The number of aliphatic hydroxyl groups is 1. The third-order valence-electron chi connectivity index (χ3n) is 2.10. The molecule has 16 heavy (non-hydrogen) atoms. The lowest BCUT2D eigenvalue weighted by molar-refractivity contribution is 0.0402. The molecule has 90 valence electrons. The molecule has 1 aromatic carbocycles. The molecular formula is C12H17ClO3. The van der Waals surface area contributed by atoms with E-state index in [2.05, 4.69) is 0 Å². The average molecular weight is 245 g/mol. The molecule has 0 spiro atoms. The first-order valence-electron chi connectivity index (χ1n) is 5.31. The van der Waals surface area contributed by atoms with Crippen molar-refractivity contribution in [1.82, 2.24) is 0 Å². The molecule has 1 unspecified atom stereocenters. The van der Waals surface area contributed by atoms with E-state index >= 15 is 0 Å². The molecule has 0 saturated carbocycles. The first kappa shape index (κ1) is 13.3. The normalized spacial score (nSPS) is 12.5. The van der Waals surface area contributed by atoms with Crippen molar-refractivity contribution in [2.24, 2.45) is 0 Å². The fourth-order valence-corrected chi connectivity index (χ4v) is 1.47. The maximum absolute atomic E-state index is 8.99. The van der Waals surface area contributed by atoms with Crippen molar-refractivity contribution >= 4 is 11.6 Å².